The predicted octanol–water partition coefficient (Wildman–Crippen LogP) is 3.24. The normalized spacial score (nSPS) is 13.2. The Kier molecular flexibility index (Phi) is 4.77. The van der Waals surface area contributed by atoms with Crippen molar-refractivity contribution in [3.8, 4) is 5.75 Å². The van der Waals surface area contributed by atoms with E-state index in [9.17, 15) is 9.59 Å². The van der Waals surface area contributed by atoms with Crippen LogP contribution in [0.1, 0.15) is 28.2 Å². The van der Waals surface area contributed by atoms with Gasteiger partial charge in [0.2, 0.25) is 0 Å². The highest BCUT2D eigenvalue weighted by Crippen LogP contribution is 2.34. The fraction of sp³-hybridized carbons (Fsp3) is 0.250. The number of nitrogens with one attached hydrogen (secondary N) is 1. The molecule has 7 heteroatoms. The van der Waals surface area contributed by atoms with Crippen molar-refractivity contribution < 1.29 is 14.3 Å². The number of carbonyl (C=O) groups is 1. The molecule has 2 aromatic heterocycles. The van der Waals surface area contributed by atoms with Gasteiger partial charge in [-0.05, 0) is 48.6 Å². The van der Waals surface area contributed by atoms with E-state index in [1.165, 1.54) is 11.0 Å². The van der Waals surface area contributed by atoms with Crippen LogP contribution in [0.3, 0.4) is 0 Å². The average Bonchev–Trinajstić information content (AvgIpc) is 3.25. The van der Waals surface area contributed by atoms with Crippen LogP contribution in [-0.4, -0.2) is 23.0 Å². The van der Waals surface area contributed by atoms with E-state index < -0.39 is 5.97 Å². The first-order valence-corrected chi connectivity index (χ1v) is 9.48. The zero-order valence-electron chi connectivity index (χ0n) is 14.8. The van der Waals surface area contributed by atoms with E-state index >= 15 is 0 Å². The Morgan fingerprint density at radius 3 is 3.11 bits per heavy atom. The molecule has 27 heavy (non-hydrogen) atoms. The Hall–Kier alpha value is -2.93. The average molecular weight is 382 g/mol. The van der Waals surface area contributed by atoms with E-state index in [-0.39, 0.29) is 12.2 Å². The van der Waals surface area contributed by atoms with Gasteiger partial charge in [0.05, 0.1) is 12.5 Å². The number of ether oxygens (including phenoxy) is 2. The fourth-order valence-corrected chi connectivity index (χ4v) is 4.49. The first-order valence-electron chi connectivity index (χ1n) is 8.66. The Bertz CT molecular complexity index is 1100. The molecule has 0 saturated carbocycles. The predicted molar refractivity (Wildman–Crippen MR) is 104 cm³/mol. The number of hydrogen-bond donors (Lipinski definition) is 1. The molecule has 2 heterocycles. The van der Waals surface area contributed by atoms with Crippen LogP contribution in [0.4, 0.5) is 0 Å². The minimum absolute atomic E-state index is 0.0744. The molecule has 1 aliphatic carbocycles. The second kappa shape index (κ2) is 7.36. The van der Waals surface area contributed by atoms with E-state index in [0.29, 0.717) is 17.0 Å². The van der Waals surface area contributed by atoms with Gasteiger partial charge in [0, 0.05) is 11.0 Å². The molecular formula is C20H18N2O4S. The van der Waals surface area contributed by atoms with Gasteiger partial charge in [0.1, 0.15) is 23.0 Å². The molecule has 1 N–H and O–H groups in total. The molecule has 0 radical (unpaired) electrons. The topological polar surface area (TPSA) is 81.3 Å². The Morgan fingerprint density at radius 2 is 2.26 bits per heavy atom. The van der Waals surface area contributed by atoms with Gasteiger partial charge in [-0.15, -0.1) is 11.3 Å². The standard InChI is InChI=1S/C20H18N2O4S/c1-25-13-5-2-4-12(10-13)8-9-17(23)26-11-16-21-19(24)18-14-6-3-7-15(14)27-20(18)22-16/h2,4-5,8-10H,3,6-7,11H2,1H3,(H,21,22,24)/b9-8+. The minimum Gasteiger partial charge on any atom is -0.497 e. The summed E-state index contributed by atoms with van der Waals surface area (Å²) in [4.78, 5) is 33.5. The lowest BCUT2D eigenvalue weighted by Crippen LogP contribution is -2.13. The molecule has 1 aliphatic rings. The number of benzene rings is 1. The van der Waals surface area contributed by atoms with Gasteiger partial charge in [0.15, 0.2) is 0 Å². The first-order chi connectivity index (χ1) is 13.1. The van der Waals surface area contributed by atoms with E-state index in [1.807, 2.05) is 24.3 Å². The van der Waals surface area contributed by atoms with Crippen LogP contribution >= 0.6 is 11.3 Å². The number of fused-ring (bicyclic) bond motifs is 3. The summed E-state index contributed by atoms with van der Waals surface area (Å²) >= 11 is 1.56. The van der Waals surface area contributed by atoms with Crippen molar-refractivity contribution in [3.63, 3.8) is 0 Å². The van der Waals surface area contributed by atoms with Gasteiger partial charge in [-0.25, -0.2) is 9.78 Å². The maximum Gasteiger partial charge on any atom is 0.331 e. The minimum atomic E-state index is -0.505. The van der Waals surface area contributed by atoms with Crippen LogP contribution in [-0.2, 0) is 29.0 Å². The first kappa shape index (κ1) is 17.5. The number of hydrogen-bond acceptors (Lipinski definition) is 6. The lowest BCUT2D eigenvalue weighted by molar-refractivity contribution is -0.139. The molecule has 0 fully saturated rings. The third-order valence-electron chi connectivity index (χ3n) is 4.48. The SMILES string of the molecule is COc1cccc(/C=C/C(=O)OCc2nc3sc4c(c3c(=O)[nH]2)CCC4)c1. The van der Waals surface area contributed by atoms with Crippen LogP contribution in [0.5, 0.6) is 5.75 Å². The summed E-state index contributed by atoms with van der Waals surface area (Å²) in [6, 6.07) is 7.34. The Balaban J connectivity index is 1.44. The van der Waals surface area contributed by atoms with Gasteiger partial charge in [-0.3, -0.25) is 4.79 Å². The summed E-state index contributed by atoms with van der Waals surface area (Å²) in [5, 5.41) is 0.695. The van der Waals surface area contributed by atoms with Gasteiger partial charge in [0.25, 0.3) is 5.56 Å². The molecule has 6 nitrogen and oxygen atoms in total. The highest BCUT2D eigenvalue weighted by atomic mass is 32.1. The van der Waals surface area contributed by atoms with E-state index in [2.05, 4.69) is 9.97 Å². The summed E-state index contributed by atoms with van der Waals surface area (Å²) in [7, 11) is 1.59. The van der Waals surface area contributed by atoms with Crippen molar-refractivity contribution in [1.29, 1.82) is 0 Å². The van der Waals surface area contributed by atoms with Crippen LogP contribution < -0.4 is 10.3 Å². The molecule has 138 valence electrons. The quantitative estimate of drug-likeness (QED) is 0.541. The van der Waals surface area contributed by atoms with Crippen molar-refractivity contribution in [3.05, 3.63) is 62.5 Å². The number of methoxy groups -OCH3 is 1. The number of carbonyl (C=O) groups excluding carboxylic acids is 1. The van der Waals surface area contributed by atoms with E-state index in [4.69, 9.17) is 9.47 Å². The smallest absolute Gasteiger partial charge is 0.331 e. The number of aryl methyl sites for hydroxylation is 2. The summed E-state index contributed by atoms with van der Waals surface area (Å²) in [5.74, 6) is 0.563. The van der Waals surface area contributed by atoms with Gasteiger partial charge in [-0.2, -0.15) is 0 Å². The van der Waals surface area contributed by atoms with E-state index in [1.54, 1.807) is 24.5 Å². The molecule has 1 aromatic carbocycles. The number of esters is 1. The largest absolute Gasteiger partial charge is 0.497 e. The zero-order valence-corrected chi connectivity index (χ0v) is 15.6. The number of thiophene rings is 1. The number of aromatic amines is 1. The summed E-state index contributed by atoms with van der Waals surface area (Å²) in [6.45, 7) is -0.0744. The molecule has 4 rings (SSSR count). The second-order valence-electron chi connectivity index (χ2n) is 6.27. The molecule has 3 aromatic rings. The van der Waals surface area contributed by atoms with E-state index in [0.717, 1.165) is 35.2 Å². The van der Waals surface area contributed by atoms with Crippen molar-refractivity contribution in [2.24, 2.45) is 0 Å². The third kappa shape index (κ3) is 3.64. The van der Waals surface area contributed by atoms with Crippen molar-refractivity contribution in [2.75, 3.05) is 7.11 Å². The summed E-state index contributed by atoms with van der Waals surface area (Å²) in [6.07, 6.45) is 6.02. The van der Waals surface area contributed by atoms with Crippen molar-refractivity contribution in [2.45, 2.75) is 25.9 Å². The molecule has 0 spiro atoms. The molecule has 0 amide bonds. The fourth-order valence-electron chi connectivity index (χ4n) is 3.21. The molecule has 0 bridgehead atoms. The van der Waals surface area contributed by atoms with Crippen molar-refractivity contribution >= 4 is 33.6 Å². The second-order valence-corrected chi connectivity index (χ2v) is 7.35. The summed E-state index contributed by atoms with van der Waals surface area (Å²) in [5.41, 5.74) is 1.80. The lowest BCUT2D eigenvalue weighted by atomic mass is 10.2. The lowest BCUT2D eigenvalue weighted by Gasteiger charge is -2.03. The van der Waals surface area contributed by atoms with Crippen LogP contribution in [0.2, 0.25) is 0 Å². The molecule has 0 atom stereocenters. The van der Waals surface area contributed by atoms with Crippen molar-refractivity contribution in [1.82, 2.24) is 9.97 Å². The Labute approximate surface area is 159 Å². The number of aromatic nitrogens is 2. The van der Waals surface area contributed by atoms with Gasteiger partial charge in [-0.1, -0.05) is 12.1 Å². The van der Waals surface area contributed by atoms with Crippen LogP contribution in [0, 0.1) is 0 Å². The summed E-state index contributed by atoms with van der Waals surface area (Å²) < 4.78 is 10.3. The zero-order chi connectivity index (χ0) is 18.8. The van der Waals surface area contributed by atoms with Crippen LogP contribution in [0.15, 0.2) is 35.1 Å². The molecule has 0 aliphatic heterocycles. The van der Waals surface area contributed by atoms with Crippen LogP contribution in [0.25, 0.3) is 16.3 Å². The molecule has 0 unspecified atom stereocenters. The number of H-pyrrole nitrogens is 1. The third-order valence-corrected chi connectivity index (χ3v) is 5.67. The maximum atomic E-state index is 12.4. The Morgan fingerprint density at radius 1 is 1.37 bits per heavy atom. The number of nitrogens with zero attached hydrogens (tertiary/aromatic N) is 1. The van der Waals surface area contributed by atoms with Gasteiger partial charge < -0.3 is 14.5 Å². The highest BCUT2D eigenvalue weighted by molar-refractivity contribution is 7.18. The molecular weight excluding hydrogens is 364 g/mol. The van der Waals surface area contributed by atoms with Gasteiger partial charge >= 0.3 is 5.97 Å². The monoisotopic (exact) mass is 382 g/mol. The molecule has 0 saturated heterocycles. The maximum absolute atomic E-state index is 12.4. The highest BCUT2D eigenvalue weighted by Gasteiger charge is 2.21. The number of rotatable bonds is 5.